The Morgan fingerprint density at radius 3 is 1.69 bits per heavy atom. The van der Waals surface area contributed by atoms with E-state index in [-0.39, 0.29) is 5.41 Å². The van der Waals surface area contributed by atoms with Crippen LogP contribution in [0.15, 0.2) is 146 Å². The van der Waals surface area contributed by atoms with Gasteiger partial charge in [-0.25, -0.2) is 0 Å². The maximum Gasteiger partial charge on any atom is 0.0159 e. The summed E-state index contributed by atoms with van der Waals surface area (Å²) in [5.74, 6) is 0. The Bertz CT molecular complexity index is 2650. The van der Waals surface area contributed by atoms with E-state index >= 15 is 0 Å². The summed E-state index contributed by atoms with van der Waals surface area (Å²) in [5.41, 5.74) is 10.6. The Kier molecular flexibility index (Phi) is 4.88. The van der Waals surface area contributed by atoms with Crippen LogP contribution in [-0.4, -0.2) is 0 Å². The molecule has 0 fully saturated rings. The molecule has 0 heteroatoms. The van der Waals surface area contributed by atoms with Crippen LogP contribution in [0.5, 0.6) is 0 Å². The SMILES string of the molecule is CC1(C)c2cc(-c3cccc4c(-c5ccc6ccc7cccc8ccc5c6c78)cccc34)ccc2-c2cc3ccccc3cc21. The molecule has 0 amide bonds. The highest BCUT2D eigenvalue weighted by molar-refractivity contribution is 6.26. The first-order chi connectivity index (χ1) is 22.1. The molecule has 1 aliphatic carbocycles. The van der Waals surface area contributed by atoms with Crippen LogP contribution in [0, 0.1) is 0 Å². The molecule has 0 atom stereocenters. The van der Waals surface area contributed by atoms with Crippen molar-refractivity contribution in [3.05, 3.63) is 157 Å². The zero-order valence-electron chi connectivity index (χ0n) is 25.4. The van der Waals surface area contributed by atoms with Gasteiger partial charge in [0.2, 0.25) is 0 Å². The Morgan fingerprint density at radius 2 is 0.889 bits per heavy atom. The van der Waals surface area contributed by atoms with Gasteiger partial charge in [-0.2, -0.15) is 0 Å². The molecule has 45 heavy (non-hydrogen) atoms. The van der Waals surface area contributed by atoms with Gasteiger partial charge in [-0.05, 0) is 117 Å². The Hall–Kier alpha value is -5.46. The highest BCUT2D eigenvalue weighted by Crippen LogP contribution is 2.51. The minimum absolute atomic E-state index is 0.0673. The second kappa shape index (κ2) is 8.80. The lowest BCUT2D eigenvalue weighted by Crippen LogP contribution is -2.15. The number of fused-ring (bicyclic) bond motifs is 5. The van der Waals surface area contributed by atoms with Crippen molar-refractivity contribution in [1.82, 2.24) is 0 Å². The van der Waals surface area contributed by atoms with Gasteiger partial charge >= 0.3 is 0 Å². The van der Waals surface area contributed by atoms with Crippen LogP contribution in [0.1, 0.15) is 25.0 Å². The third kappa shape index (κ3) is 3.37. The zero-order chi connectivity index (χ0) is 29.9. The van der Waals surface area contributed by atoms with Gasteiger partial charge in [-0.15, -0.1) is 0 Å². The largest absolute Gasteiger partial charge is 0.0616 e. The Balaban J connectivity index is 1.17. The summed E-state index contributed by atoms with van der Waals surface area (Å²) in [6.45, 7) is 4.76. The molecule has 0 N–H and O–H groups in total. The van der Waals surface area contributed by atoms with Gasteiger partial charge in [-0.1, -0.05) is 141 Å². The Morgan fingerprint density at radius 1 is 0.333 bits per heavy atom. The van der Waals surface area contributed by atoms with Crippen LogP contribution in [-0.2, 0) is 5.41 Å². The fraction of sp³-hybridized carbons (Fsp3) is 0.0667. The van der Waals surface area contributed by atoms with Crippen LogP contribution in [0.2, 0.25) is 0 Å². The molecule has 0 radical (unpaired) electrons. The van der Waals surface area contributed by atoms with Crippen molar-refractivity contribution < 1.29 is 0 Å². The van der Waals surface area contributed by atoms with Crippen LogP contribution in [0.4, 0.5) is 0 Å². The van der Waals surface area contributed by atoms with Crippen LogP contribution in [0.25, 0.3) is 87.2 Å². The van der Waals surface area contributed by atoms with Crippen LogP contribution < -0.4 is 0 Å². The van der Waals surface area contributed by atoms with Crippen molar-refractivity contribution in [3.8, 4) is 33.4 Å². The van der Waals surface area contributed by atoms with Crippen molar-refractivity contribution in [2.45, 2.75) is 19.3 Å². The van der Waals surface area contributed by atoms with Gasteiger partial charge in [0.15, 0.2) is 0 Å². The number of benzene rings is 9. The summed E-state index contributed by atoms with van der Waals surface area (Å²) >= 11 is 0. The van der Waals surface area contributed by atoms with Gasteiger partial charge < -0.3 is 0 Å². The van der Waals surface area contributed by atoms with E-state index < -0.39 is 0 Å². The lowest BCUT2D eigenvalue weighted by atomic mass is 9.81. The number of hydrogen-bond acceptors (Lipinski definition) is 0. The molecular weight excluding hydrogens is 540 g/mol. The average molecular weight is 571 g/mol. The summed E-state index contributed by atoms with van der Waals surface area (Å²) in [5, 5.41) is 13.2. The average Bonchev–Trinajstić information content (AvgIpc) is 3.30. The van der Waals surface area contributed by atoms with E-state index in [1.165, 1.54) is 98.4 Å². The molecule has 10 rings (SSSR count). The van der Waals surface area contributed by atoms with Gasteiger partial charge in [0.25, 0.3) is 0 Å². The molecule has 0 nitrogen and oxygen atoms in total. The minimum Gasteiger partial charge on any atom is -0.0616 e. The van der Waals surface area contributed by atoms with E-state index in [1.807, 2.05) is 0 Å². The molecular formula is C45H30. The first-order valence-electron chi connectivity index (χ1n) is 15.9. The topological polar surface area (TPSA) is 0 Å². The fourth-order valence-corrected chi connectivity index (χ4v) is 8.36. The quantitative estimate of drug-likeness (QED) is 0.181. The van der Waals surface area contributed by atoms with Crippen molar-refractivity contribution in [2.75, 3.05) is 0 Å². The highest BCUT2D eigenvalue weighted by Gasteiger charge is 2.36. The van der Waals surface area contributed by atoms with Crippen LogP contribution in [0.3, 0.4) is 0 Å². The fourth-order valence-electron chi connectivity index (χ4n) is 8.36. The number of rotatable bonds is 2. The molecule has 0 saturated heterocycles. The molecule has 0 unspecified atom stereocenters. The molecule has 210 valence electrons. The van der Waals surface area contributed by atoms with Crippen LogP contribution >= 0.6 is 0 Å². The van der Waals surface area contributed by atoms with E-state index in [4.69, 9.17) is 0 Å². The molecule has 0 spiro atoms. The number of hydrogen-bond donors (Lipinski definition) is 0. The first kappa shape index (κ1) is 24.9. The summed E-state index contributed by atoms with van der Waals surface area (Å²) in [4.78, 5) is 0. The molecule has 0 saturated carbocycles. The van der Waals surface area contributed by atoms with Gasteiger partial charge in [0.05, 0.1) is 0 Å². The predicted molar refractivity (Wildman–Crippen MR) is 194 cm³/mol. The van der Waals surface area contributed by atoms with Gasteiger partial charge in [0, 0.05) is 5.41 Å². The second-order valence-corrected chi connectivity index (χ2v) is 13.3. The maximum atomic E-state index is 2.46. The summed E-state index contributed by atoms with van der Waals surface area (Å²) in [6.07, 6.45) is 0. The molecule has 0 aliphatic heterocycles. The third-order valence-corrected chi connectivity index (χ3v) is 10.6. The minimum atomic E-state index is -0.0673. The summed E-state index contributed by atoms with van der Waals surface area (Å²) in [6, 6.07) is 54.7. The van der Waals surface area contributed by atoms with Crippen molar-refractivity contribution >= 4 is 53.9 Å². The molecule has 0 heterocycles. The summed E-state index contributed by atoms with van der Waals surface area (Å²) < 4.78 is 0. The lowest BCUT2D eigenvalue weighted by Gasteiger charge is -2.22. The first-order valence-corrected chi connectivity index (χ1v) is 15.9. The molecule has 9 aromatic rings. The lowest BCUT2D eigenvalue weighted by molar-refractivity contribution is 0.661. The van der Waals surface area contributed by atoms with Gasteiger partial charge in [0.1, 0.15) is 0 Å². The van der Waals surface area contributed by atoms with E-state index in [1.54, 1.807) is 0 Å². The predicted octanol–water partition coefficient (Wildman–Crippen LogP) is 12.5. The second-order valence-electron chi connectivity index (χ2n) is 13.3. The van der Waals surface area contributed by atoms with E-state index in [0.29, 0.717) is 0 Å². The zero-order valence-corrected chi connectivity index (χ0v) is 25.4. The normalized spacial score (nSPS) is 13.7. The van der Waals surface area contributed by atoms with Crippen molar-refractivity contribution in [3.63, 3.8) is 0 Å². The molecule has 0 bridgehead atoms. The molecule has 1 aliphatic rings. The smallest absolute Gasteiger partial charge is 0.0159 e. The standard InChI is InChI=1S/C45H30/c1-45(2)41-26-32(20-22-38(41)40-24-30-8-3-4-9-31(30)25-42(40)45)33-12-6-14-35-34(33)13-7-15-36(35)37-21-18-29-17-16-27-10-5-11-28-19-23-39(37)44(29)43(27)28/h3-26H,1-2H3. The van der Waals surface area contributed by atoms with Gasteiger partial charge in [-0.3, -0.25) is 0 Å². The maximum absolute atomic E-state index is 2.46. The monoisotopic (exact) mass is 570 g/mol. The van der Waals surface area contributed by atoms with E-state index in [0.717, 1.165) is 0 Å². The Labute approximate surface area is 262 Å². The van der Waals surface area contributed by atoms with E-state index in [2.05, 4.69) is 159 Å². The van der Waals surface area contributed by atoms with E-state index in [9.17, 15) is 0 Å². The summed E-state index contributed by atoms with van der Waals surface area (Å²) in [7, 11) is 0. The highest BCUT2D eigenvalue weighted by atomic mass is 14.4. The van der Waals surface area contributed by atoms with Crippen molar-refractivity contribution in [2.24, 2.45) is 0 Å². The third-order valence-electron chi connectivity index (χ3n) is 10.6. The van der Waals surface area contributed by atoms with Crippen molar-refractivity contribution in [1.29, 1.82) is 0 Å². The molecule has 9 aromatic carbocycles. The molecule has 0 aromatic heterocycles.